The number of nitrogens with zero attached hydrogens (tertiary/aromatic N) is 2. The Labute approximate surface area is 118 Å². The van der Waals surface area contributed by atoms with Crippen LogP contribution in [0.5, 0.6) is 11.5 Å². The second-order valence-electron chi connectivity index (χ2n) is 4.48. The molecule has 0 N–H and O–H groups in total. The van der Waals surface area contributed by atoms with Crippen LogP contribution in [-0.4, -0.2) is 29.6 Å². The van der Waals surface area contributed by atoms with E-state index in [1.807, 2.05) is 17.8 Å². The Bertz CT molecular complexity index is 583. The number of rotatable bonds is 6. The number of imidazole rings is 1. The van der Waals surface area contributed by atoms with Crippen molar-refractivity contribution >= 4 is 5.78 Å². The van der Waals surface area contributed by atoms with Gasteiger partial charge in [-0.15, -0.1) is 0 Å². The highest BCUT2D eigenvalue weighted by Gasteiger charge is 2.11. The average Bonchev–Trinajstić information content (AvgIpc) is 2.89. The Balaban J connectivity index is 2.10. The molecule has 0 radical (unpaired) electrons. The van der Waals surface area contributed by atoms with E-state index in [1.165, 1.54) is 0 Å². The molecule has 0 fully saturated rings. The predicted molar refractivity (Wildman–Crippen MR) is 75.4 cm³/mol. The summed E-state index contributed by atoms with van der Waals surface area (Å²) in [6, 6.07) is 5.20. The second-order valence-corrected chi connectivity index (χ2v) is 4.48. The lowest BCUT2D eigenvalue weighted by atomic mass is 10.1. The van der Waals surface area contributed by atoms with Crippen LogP contribution in [0.4, 0.5) is 0 Å². The molecule has 0 saturated carbocycles. The van der Waals surface area contributed by atoms with E-state index in [-0.39, 0.29) is 5.78 Å². The van der Waals surface area contributed by atoms with Crippen molar-refractivity contribution in [3.8, 4) is 11.5 Å². The normalized spacial score (nSPS) is 10.3. The Morgan fingerprint density at radius 3 is 2.35 bits per heavy atom. The first-order valence-electron chi connectivity index (χ1n) is 6.36. The number of ketones is 1. The van der Waals surface area contributed by atoms with E-state index in [2.05, 4.69) is 4.98 Å². The molecule has 0 saturated heterocycles. The number of carbonyl (C=O) groups excluding carboxylic acids is 1. The summed E-state index contributed by atoms with van der Waals surface area (Å²) in [5, 5.41) is 0. The number of carbonyl (C=O) groups is 1. The number of methoxy groups -OCH3 is 2. The van der Waals surface area contributed by atoms with Crippen LogP contribution in [-0.2, 0) is 13.5 Å². The summed E-state index contributed by atoms with van der Waals surface area (Å²) < 4.78 is 12.3. The molecule has 0 unspecified atom stereocenters. The number of hydrogen-bond acceptors (Lipinski definition) is 4. The molecule has 1 heterocycles. The maximum Gasteiger partial charge on any atom is 0.163 e. The van der Waals surface area contributed by atoms with Gasteiger partial charge in [-0.25, -0.2) is 4.98 Å². The van der Waals surface area contributed by atoms with Crippen molar-refractivity contribution in [2.24, 2.45) is 7.05 Å². The lowest BCUT2D eigenvalue weighted by Crippen LogP contribution is -2.05. The lowest BCUT2D eigenvalue weighted by Gasteiger charge is -2.08. The molecule has 20 heavy (non-hydrogen) atoms. The number of aryl methyl sites for hydroxylation is 2. The van der Waals surface area contributed by atoms with E-state index in [0.717, 1.165) is 5.82 Å². The van der Waals surface area contributed by atoms with Gasteiger partial charge in [0.1, 0.15) is 17.3 Å². The van der Waals surface area contributed by atoms with Crippen LogP contribution in [0.25, 0.3) is 0 Å². The van der Waals surface area contributed by atoms with Gasteiger partial charge in [0.25, 0.3) is 0 Å². The van der Waals surface area contributed by atoms with E-state index >= 15 is 0 Å². The summed E-state index contributed by atoms with van der Waals surface area (Å²) in [6.45, 7) is 0. The van der Waals surface area contributed by atoms with Gasteiger partial charge < -0.3 is 14.0 Å². The van der Waals surface area contributed by atoms with Crippen LogP contribution in [0, 0.1) is 0 Å². The van der Waals surface area contributed by atoms with E-state index < -0.39 is 0 Å². The molecule has 1 aromatic carbocycles. The summed E-state index contributed by atoms with van der Waals surface area (Å²) >= 11 is 0. The molecule has 0 aliphatic carbocycles. The Morgan fingerprint density at radius 1 is 1.20 bits per heavy atom. The minimum absolute atomic E-state index is 0.0465. The SMILES string of the molecule is COc1cc(OC)cc(C(=O)CCc2nccn2C)c1. The van der Waals surface area contributed by atoms with E-state index in [1.54, 1.807) is 38.6 Å². The van der Waals surface area contributed by atoms with E-state index in [4.69, 9.17) is 9.47 Å². The van der Waals surface area contributed by atoms with Crippen molar-refractivity contribution in [3.05, 3.63) is 42.0 Å². The first-order valence-corrected chi connectivity index (χ1v) is 6.36. The zero-order chi connectivity index (χ0) is 14.5. The molecule has 1 aromatic heterocycles. The van der Waals surface area contributed by atoms with Crippen molar-refractivity contribution in [3.63, 3.8) is 0 Å². The van der Waals surface area contributed by atoms with Gasteiger partial charge >= 0.3 is 0 Å². The zero-order valence-electron chi connectivity index (χ0n) is 11.9. The minimum Gasteiger partial charge on any atom is -0.497 e. The lowest BCUT2D eigenvalue weighted by molar-refractivity contribution is 0.0981. The summed E-state index contributed by atoms with van der Waals surface area (Å²) in [4.78, 5) is 16.4. The summed E-state index contributed by atoms with van der Waals surface area (Å²) in [6.07, 6.45) is 4.62. The molecule has 0 aliphatic rings. The molecule has 0 bridgehead atoms. The minimum atomic E-state index is 0.0465. The fraction of sp³-hybridized carbons (Fsp3) is 0.333. The second kappa shape index (κ2) is 6.23. The van der Waals surface area contributed by atoms with Crippen molar-refractivity contribution < 1.29 is 14.3 Å². The third-order valence-corrected chi connectivity index (χ3v) is 3.17. The maximum atomic E-state index is 12.2. The summed E-state index contributed by atoms with van der Waals surface area (Å²) in [7, 11) is 5.05. The molecule has 106 valence electrons. The summed E-state index contributed by atoms with van der Waals surface area (Å²) in [5.41, 5.74) is 0.593. The highest BCUT2D eigenvalue weighted by atomic mass is 16.5. The van der Waals surface area contributed by atoms with Gasteiger partial charge in [0, 0.05) is 43.9 Å². The predicted octanol–water partition coefficient (Wildman–Crippen LogP) is 2.25. The van der Waals surface area contributed by atoms with Gasteiger partial charge in [-0.05, 0) is 12.1 Å². The standard InChI is InChI=1S/C15H18N2O3/c1-17-7-6-16-15(17)5-4-14(18)11-8-12(19-2)10-13(9-11)20-3/h6-10H,4-5H2,1-3H3. The number of hydrogen-bond donors (Lipinski definition) is 0. The number of benzene rings is 1. The molecule has 5 nitrogen and oxygen atoms in total. The third kappa shape index (κ3) is 3.17. The van der Waals surface area contributed by atoms with Crippen LogP contribution in [0.1, 0.15) is 22.6 Å². The molecule has 0 amide bonds. The molecule has 0 aliphatic heterocycles. The van der Waals surface area contributed by atoms with Crippen molar-refractivity contribution in [1.29, 1.82) is 0 Å². The maximum absolute atomic E-state index is 12.2. The monoisotopic (exact) mass is 274 g/mol. The molecular formula is C15H18N2O3. The quantitative estimate of drug-likeness (QED) is 0.758. The summed E-state index contributed by atoms with van der Waals surface area (Å²) in [5.74, 6) is 2.17. The fourth-order valence-electron chi connectivity index (χ4n) is 1.98. The van der Waals surface area contributed by atoms with Gasteiger partial charge in [0.05, 0.1) is 14.2 Å². The van der Waals surface area contributed by atoms with Gasteiger partial charge in [0.15, 0.2) is 5.78 Å². The molecule has 2 aromatic rings. The molecule has 5 heteroatoms. The van der Waals surface area contributed by atoms with E-state index in [0.29, 0.717) is 29.9 Å². The Morgan fingerprint density at radius 2 is 1.85 bits per heavy atom. The average molecular weight is 274 g/mol. The van der Waals surface area contributed by atoms with Gasteiger partial charge in [0.2, 0.25) is 0 Å². The number of Topliss-reactive ketones (excluding diaryl/α,β-unsaturated/α-hetero) is 1. The largest absolute Gasteiger partial charge is 0.497 e. The van der Waals surface area contributed by atoms with Crippen LogP contribution in [0.15, 0.2) is 30.6 Å². The topological polar surface area (TPSA) is 53.4 Å². The highest BCUT2D eigenvalue weighted by Crippen LogP contribution is 2.23. The van der Waals surface area contributed by atoms with Crippen LogP contribution in [0.2, 0.25) is 0 Å². The van der Waals surface area contributed by atoms with Crippen LogP contribution < -0.4 is 9.47 Å². The molecule has 0 atom stereocenters. The number of ether oxygens (including phenoxy) is 2. The van der Waals surface area contributed by atoms with Gasteiger partial charge in [-0.2, -0.15) is 0 Å². The Kier molecular flexibility index (Phi) is 4.40. The third-order valence-electron chi connectivity index (χ3n) is 3.17. The first kappa shape index (κ1) is 14.1. The van der Waals surface area contributed by atoms with Crippen molar-refractivity contribution in [2.75, 3.05) is 14.2 Å². The van der Waals surface area contributed by atoms with Crippen molar-refractivity contribution in [2.45, 2.75) is 12.8 Å². The first-order chi connectivity index (χ1) is 9.63. The van der Waals surface area contributed by atoms with E-state index in [9.17, 15) is 4.79 Å². The van der Waals surface area contributed by atoms with Gasteiger partial charge in [-0.1, -0.05) is 0 Å². The molecule has 0 spiro atoms. The smallest absolute Gasteiger partial charge is 0.163 e. The van der Waals surface area contributed by atoms with Crippen molar-refractivity contribution in [1.82, 2.24) is 9.55 Å². The zero-order valence-corrected chi connectivity index (χ0v) is 11.9. The Hall–Kier alpha value is -2.30. The fourth-order valence-corrected chi connectivity index (χ4v) is 1.98. The van der Waals surface area contributed by atoms with Crippen LogP contribution >= 0.6 is 0 Å². The molecular weight excluding hydrogens is 256 g/mol. The molecule has 2 rings (SSSR count). The van der Waals surface area contributed by atoms with Gasteiger partial charge in [-0.3, -0.25) is 4.79 Å². The number of aromatic nitrogens is 2. The van der Waals surface area contributed by atoms with Crippen LogP contribution in [0.3, 0.4) is 0 Å². The highest BCUT2D eigenvalue weighted by molar-refractivity contribution is 5.97.